The highest BCUT2D eigenvalue weighted by molar-refractivity contribution is 5.85. The molecule has 9 heteroatoms. The number of anilines is 2. The van der Waals surface area contributed by atoms with Gasteiger partial charge in [-0.25, -0.2) is 4.98 Å². The van der Waals surface area contributed by atoms with Crippen molar-refractivity contribution >= 4 is 36.3 Å². The number of aromatic nitrogens is 3. The number of halogens is 2. The maximum absolute atomic E-state index is 9.81. The first kappa shape index (κ1) is 24.7. The normalized spacial score (nSPS) is 18.1. The van der Waals surface area contributed by atoms with Gasteiger partial charge in [0.05, 0.1) is 18.0 Å². The molecule has 1 N–H and O–H groups in total. The van der Waals surface area contributed by atoms with Gasteiger partial charge in [0.25, 0.3) is 0 Å². The van der Waals surface area contributed by atoms with Crippen molar-refractivity contribution in [3.05, 3.63) is 35.8 Å². The summed E-state index contributed by atoms with van der Waals surface area (Å²) in [5.74, 6) is 1.07. The Morgan fingerprint density at radius 1 is 1.03 bits per heavy atom. The second kappa shape index (κ2) is 11.2. The van der Waals surface area contributed by atoms with Crippen molar-refractivity contribution < 1.29 is 5.11 Å². The van der Waals surface area contributed by atoms with Gasteiger partial charge in [0.15, 0.2) is 5.82 Å². The number of pyridine rings is 1. The first-order chi connectivity index (χ1) is 13.7. The van der Waals surface area contributed by atoms with Crippen molar-refractivity contribution in [2.24, 2.45) is 0 Å². The number of nitrogens with zero attached hydrogens (tertiary/aromatic N) is 6. The molecule has 0 unspecified atom stereocenters. The zero-order valence-electron chi connectivity index (χ0n) is 17.9. The molecule has 0 saturated carbocycles. The molecule has 0 radical (unpaired) electrons. The Labute approximate surface area is 191 Å². The summed E-state index contributed by atoms with van der Waals surface area (Å²) in [5, 5.41) is 14.3. The van der Waals surface area contributed by atoms with Crippen LogP contribution in [0.5, 0.6) is 0 Å². The molecule has 2 aromatic heterocycles. The lowest BCUT2D eigenvalue weighted by Crippen LogP contribution is -2.47. The number of hydrogen-bond donors (Lipinski definition) is 1. The van der Waals surface area contributed by atoms with Gasteiger partial charge in [-0.15, -0.1) is 24.8 Å². The van der Waals surface area contributed by atoms with Crippen molar-refractivity contribution in [2.45, 2.75) is 45.9 Å². The van der Waals surface area contributed by atoms with Gasteiger partial charge in [-0.05, 0) is 38.8 Å². The van der Waals surface area contributed by atoms with Crippen LogP contribution in [-0.4, -0.2) is 70.1 Å². The van der Waals surface area contributed by atoms with Crippen LogP contribution < -0.4 is 9.80 Å². The van der Waals surface area contributed by atoms with Crippen molar-refractivity contribution in [3.8, 4) is 0 Å². The first-order valence-electron chi connectivity index (χ1n) is 10.5. The zero-order chi connectivity index (χ0) is 19.5. The molecule has 30 heavy (non-hydrogen) atoms. The van der Waals surface area contributed by atoms with Gasteiger partial charge in [-0.1, -0.05) is 0 Å². The fourth-order valence-electron chi connectivity index (χ4n) is 4.30. The van der Waals surface area contributed by atoms with Crippen LogP contribution in [0.2, 0.25) is 0 Å². The smallest absolute Gasteiger partial charge is 0.152 e. The highest BCUT2D eigenvalue weighted by Crippen LogP contribution is 2.30. The van der Waals surface area contributed by atoms with Crippen LogP contribution >= 0.6 is 24.8 Å². The van der Waals surface area contributed by atoms with Crippen LogP contribution in [0.25, 0.3) is 0 Å². The number of hydrogen-bond acceptors (Lipinski definition) is 6. The van der Waals surface area contributed by atoms with E-state index in [-0.39, 0.29) is 30.9 Å². The number of aryl methyl sites for hydroxylation is 1. The first-order valence-corrected chi connectivity index (χ1v) is 10.5. The summed E-state index contributed by atoms with van der Waals surface area (Å²) in [6, 6.07) is 4.23. The predicted octanol–water partition coefficient (Wildman–Crippen LogP) is 2.73. The maximum Gasteiger partial charge on any atom is 0.152 e. The molecule has 168 valence electrons. The molecule has 0 aromatic carbocycles. The average Bonchev–Trinajstić information content (AvgIpc) is 3.09. The van der Waals surface area contributed by atoms with E-state index in [4.69, 9.17) is 4.98 Å². The molecule has 0 aliphatic carbocycles. The van der Waals surface area contributed by atoms with E-state index in [1.165, 1.54) is 16.9 Å². The van der Waals surface area contributed by atoms with Gasteiger partial charge in [0.1, 0.15) is 0 Å². The Morgan fingerprint density at radius 2 is 1.73 bits per heavy atom. The molecule has 2 aliphatic rings. The summed E-state index contributed by atoms with van der Waals surface area (Å²) in [6.07, 6.45) is 5.40. The van der Waals surface area contributed by atoms with Crippen LogP contribution in [-0.2, 0) is 13.1 Å². The lowest BCUT2D eigenvalue weighted by atomic mass is 10.1. The summed E-state index contributed by atoms with van der Waals surface area (Å²) in [6.45, 7) is 12.1. The Balaban J connectivity index is 0.00000160. The van der Waals surface area contributed by atoms with Crippen LogP contribution in [0, 0.1) is 6.92 Å². The summed E-state index contributed by atoms with van der Waals surface area (Å²) in [7, 11) is 0. The largest absolute Gasteiger partial charge is 0.393 e. The van der Waals surface area contributed by atoms with Crippen LogP contribution in [0.1, 0.15) is 31.0 Å². The van der Waals surface area contributed by atoms with Gasteiger partial charge >= 0.3 is 0 Å². The maximum atomic E-state index is 9.81. The van der Waals surface area contributed by atoms with Crippen LogP contribution in [0.3, 0.4) is 0 Å². The second-order valence-electron chi connectivity index (χ2n) is 7.90. The number of piperidine rings is 1. The molecular formula is C21H34Cl2N6O. The topological polar surface area (TPSA) is 60.7 Å². The van der Waals surface area contributed by atoms with Crippen LogP contribution in [0.4, 0.5) is 11.5 Å². The quantitative estimate of drug-likeness (QED) is 0.745. The highest BCUT2D eigenvalue weighted by Gasteiger charge is 2.25. The van der Waals surface area contributed by atoms with Gasteiger partial charge < -0.3 is 14.9 Å². The molecule has 7 nitrogen and oxygen atoms in total. The molecule has 2 fully saturated rings. The lowest BCUT2D eigenvalue weighted by molar-refractivity contribution is 0.145. The average molecular weight is 457 g/mol. The standard InChI is InChI=1S/C21H32N6O.2ClH/c1-3-27-17(2)18(15-23-27)16-24-11-13-25(14-12-24)20-5-4-8-22-21(20)26-9-6-19(28)7-10-26;;/h4-5,8,15,19,28H,3,6-7,9-14,16H2,1-2H3;2*1H. The second-order valence-corrected chi connectivity index (χ2v) is 7.90. The Hall–Kier alpha value is -1.54. The van der Waals surface area contributed by atoms with Crippen LogP contribution in [0.15, 0.2) is 24.5 Å². The van der Waals surface area contributed by atoms with Crippen molar-refractivity contribution in [1.82, 2.24) is 19.7 Å². The molecule has 4 rings (SSSR count). The molecule has 0 bridgehead atoms. The summed E-state index contributed by atoms with van der Waals surface area (Å²) < 4.78 is 2.07. The van der Waals surface area contributed by atoms with Crippen molar-refractivity contribution in [1.29, 1.82) is 0 Å². The van der Waals surface area contributed by atoms with E-state index in [1.54, 1.807) is 0 Å². The minimum Gasteiger partial charge on any atom is -0.393 e. The lowest BCUT2D eigenvalue weighted by Gasteiger charge is -2.39. The molecule has 4 heterocycles. The highest BCUT2D eigenvalue weighted by atomic mass is 35.5. The number of rotatable bonds is 5. The number of aliphatic hydroxyl groups is 1. The summed E-state index contributed by atoms with van der Waals surface area (Å²) in [4.78, 5) is 12.0. The fraction of sp³-hybridized carbons (Fsp3) is 0.619. The SMILES string of the molecule is CCn1ncc(CN2CCN(c3cccnc3N3CCC(O)CC3)CC2)c1C.Cl.Cl. The molecule has 2 aromatic rings. The van der Waals surface area contributed by atoms with E-state index in [0.29, 0.717) is 0 Å². The molecule has 0 atom stereocenters. The van der Waals surface area contributed by atoms with E-state index in [0.717, 1.165) is 71.0 Å². The van der Waals surface area contributed by atoms with E-state index >= 15 is 0 Å². The third-order valence-electron chi connectivity index (χ3n) is 6.14. The van der Waals surface area contributed by atoms with E-state index in [2.05, 4.69) is 44.4 Å². The zero-order valence-corrected chi connectivity index (χ0v) is 19.5. The Kier molecular flexibility index (Phi) is 9.22. The Morgan fingerprint density at radius 3 is 2.37 bits per heavy atom. The number of aliphatic hydroxyl groups excluding tert-OH is 1. The minimum atomic E-state index is -0.160. The van der Waals surface area contributed by atoms with E-state index in [1.807, 2.05) is 18.5 Å². The fourth-order valence-corrected chi connectivity index (χ4v) is 4.30. The van der Waals surface area contributed by atoms with E-state index in [9.17, 15) is 5.11 Å². The molecule has 0 spiro atoms. The molecular weight excluding hydrogens is 423 g/mol. The molecule has 0 amide bonds. The van der Waals surface area contributed by atoms with Gasteiger partial charge in [-0.2, -0.15) is 5.10 Å². The number of piperazine rings is 1. The monoisotopic (exact) mass is 456 g/mol. The molecule has 2 aliphatic heterocycles. The predicted molar refractivity (Wildman–Crippen MR) is 126 cm³/mol. The Bertz CT molecular complexity index is 786. The third-order valence-corrected chi connectivity index (χ3v) is 6.14. The van der Waals surface area contributed by atoms with Gasteiger partial charge in [-0.3, -0.25) is 9.58 Å². The van der Waals surface area contributed by atoms with Gasteiger partial charge in [0.2, 0.25) is 0 Å². The summed E-state index contributed by atoms with van der Waals surface area (Å²) >= 11 is 0. The molecule has 2 saturated heterocycles. The van der Waals surface area contributed by atoms with Crippen molar-refractivity contribution in [2.75, 3.05) is 49.1 Å². The van der Waals surface area contributed by atoms with E-state index < -0.39 is 0 Å². The third kappa shape index (κ3) is 5.38. The minimum absolute atomic E-state index is 0. The van der Waals surface area contributed by atoms with Gasteiger partial charge in [0, 0.05) is 69.8 Å². The summed E-state index contributed by atoms with van der Waals surface area (Å²) in [5.41, 5.74) is 3.85. The van der Waals surface area contributed by atoms with Crippen molar-refractivity contribution in [3.63, 3.8) is 0 Å².